The number of benzene rings is 2. The Hall–Kier alpha value is -0.990. The van der Waals surface area contributed by atoms with Crippen LogP contribution in [-0.4, -0.2) is 0 Å². The Kier molecular flexibility index (Phi) is 1.06. The first-order valence-electron chi connectivity index (χ1n) is 7.04. The Morgan fingerprint density at radius 3 is 2.87 bits per heavy atom. The van der Waals surface area contributed by atoms with Gasteiger partial charge in [0.25, 0.3) is 0 Å². The highest BCUT2D eigenvalue weighted by atomic mass is 79.9. The predicted octanol–water partition coefficient (Wildman–Crippen LogP) is 5.00. The molecule has 0 bridgehead atoms. The lowest BCUT2D eigenvalue weighted by Crippen LogP contribution is -1.69. The van der Waals surface area contributed by atoms with Crippen molar-refractivity contribution in [2.45, 2.75) is 0 Å². The van der Waals surface area contributed by atoms with E-state index in [0.717, 1.165) is 0 Å². The number of rotatable bonds is 0. The number of halogens is 2. The van der Waals surface area contributed by atoms with Crippen LogP contribution in [-0.2, 0) is 0 Å². The molecule has 0 N–H and O–H groups in total. The molecular formula is C12H6BrClO. The smallest absolute Gasteiger partial charge is 0.154 e. The molecule has 74 valence electrons. The van der Waals surface area contributed by atoms with Crippen molar-refractivity contribution in [2.24, 2.45) is 0 Å². The molecule has 0 atom stereocenters. The van der Waals surface area contributed by atoms with E-state index >= 15 is 0 Å². The van der Waals surface area contributed by atoms with Crippen molar-refractivity contribution in [3.05, 3.63) is 45.7 Å². The molecule has 3 rings (SSSR count). The Bertz CT molecular complexity index is 861. The summed E-state index contributed by atoms with van der Waals surface area (Å²) in [6.45, 7) is 0. The fourth-order valence-corrected chi connectivity index (χ4v) is 2.13. The fraction of sp³-hybridized carbons (Fsp3) is 0. The minimum absolute atomic E-state index is 0.0249. The summed E-state index contributed by atoms with van der Waals surface area (Å²) in [5, 5.41) is 0.231. The first-order chi connectivity index (χ1) is 9.77. The average molecular weight is 288 g/mol. The fourth-order valence-electron chi connectivity index (χ4n) is 1.39. The molecule has 0 spiro atoms. The molecular weight excluding hydrogens is 275 g/mol. The van der Waals surface area contributed by atoms with Gasteiger partial charge in [-0.25, -0.2) is 0 Å². The SMILES string of the molecule is [2H]c1c([2H])c([2H])c2c(oc3c(Cl)c([2H])c(Br)c([2H])c32)c1[2H]. The second-order valence-corrected chi connectivity index (χ2v) is 4.06. The molecule has 0 saturated heterocycles. The maximum atomic E-state index is 8.08. The summed E-state index contributed by atoms with van der Waals surface area (Å²) in [5.41, 5.74) is -0.0410. The molecule has 0 aliphatic rings. The highest BCUT2D eigenvalue weighted by Gasteiger charge is 2.09. The van der Waals surface area contributed by atoms with E-state index in [1.54, 1.807) is 0 Å². The van der Waals surface area contributed by atoms with Gasteiger partial charge in [0.15, 0.2) is 5.58 Å². The molecule has 0 amide bonds. The number of fused-ring (bicyclic) bond motifs is 3. The maximum absolute atomic E-state index is 8.08. The summed E-state index contributed by atoms with van der Waals surface area (Å²) >= 11 is 9.15. The van der Waals surface area contributed by atoms with Crippen molar-refractivity contribution in [2.75, 3.05) is 0 Å². The summed E-state index contributed by atoms with van der Waals surface area (Å²) in [4.78, 5) is 0. The second kappa shape index (κ2) is 3.26. The lowest BCUT2D eigenvalue weighted by Gasteiger charge is -1.93. The van der Waals surface area contributed by atoms with Crippen molar-refractivity contribution in [1.82, 2.24) is 0 Å². The van der Waals surface area contributed by atoms with Crippen molar-refractivity contribution in [3.63, 3.8) is 0 Å². The van der Waals surface area contributed by atoms with E-state index in [4.69, 9.17) is 24.2 Å². The zero-order chi connectivity index (χ0) is 15.6. The molecule has 1 heterocycles. The van der Waals surface area contributed by atoms with Crippen LogP contribution in [0.1, 0.15) is 8.22 Å². The van der Waals surface area contributed by atoms with Gasteiger partial charge in [0.2, 0.25) is 0 Å². The van der Waals surface area contributed by atoms with E-state index in [2.05, 4.69) is 15.9 Å². The van der Waals surface area contributed by atoms with Gasteiger partial charge >= 0.3 is 0 Å². The lowest BCUT2D eigenvalue weighted by molar-refractivity contribution is 0.669. The van der Waals surface area contributed by atoms with Gasteiger partial charge < -0.3 is 4.42 Å². The van der Waals surface area contributed by atoms with Gasteiger partial charge in [-0.2, -0.15) is 0 Å². The molecule has 15 heavy (non-hydrogen) atoms. The highest BCUT2D eigenvalue weighted by molar-refractivity contribution is 9.10. The zero-order valence-electron chi connectivity index (χ0n) is 13.2. The molecule has 0 aliphatic heterocycles. The molecule has 0 radical (unpaired) electrons. The predicted molar refractivity (Wildman–Crippen MR) is 66.4 cm³/mol. The average Bonchev–Trinajstić information content (AvgIpc) is 2.87. The van der Waals surface area contributed by atoms with Gasteiger partial charge in [0, 0.05) is 15.2 Å². The van der Waals surface area contributed by atoms with E-state index < -0.39 is 12.1 Å². The van der Waals surface area contributed by atoms with Gasteiger partial charge in [-0.15, -0.1) is 0 Å². The van der Waals surface area contributed by atoms with E-state index in [1.165, 1.54) is 0 Å². The van der Waals surface area contributed by atoms with Crippen LogP contribution >= 0.6 is 27.5 Å². The van der Waals surface area contributed by atoms with Crippen molar-refractivity contribution < 1.29 is 12.6 Å². The summed E-state index contributed by atoms with van der Waals surface area (Å²) in [7, 11) is 0. The highest BCUT2D eigenvalue weighted by Crippen LogP contribution is 2.35. The van der Waals surface area contributed by atoms with E-state index in [-0.39, 0.29) is 55.6 Å². The minimum Gasteiger partial charge on any atom is -0.454 e. The standard InChI is InChI=1S/C12H6BrClO/c13-7-5-9-8-3-1-2-4-11(8)15-12(9)10(14)6-7/h1-6H/i1D,2D,3D,4D,5D,6D. The number of furan rings is 1. The van der Waals surface area contributed by atoms with Crippen LogP contribution in [0.15, 0.2) is 45.1 Å². The number of para-hydroxylation sites is 1. The molecule has 3 aromatic rings. The maximum Gasteiger partial charge on any atom is 0.154 e. The van der Waals surface area contributed by atoms with Crippen molar-refractivity contribution >= 4 is 49.5 Å². The van der Waals surface area contributed by atoms with Crippen LogP contribution in [0.2, 0.25) is 5.02 Å². The Morgan fingerprint density at radius 2 is 2.00 bits per heavy atom. The van der Waals surface area contributed by atoms with Crippen molar-refractivity contribution in [3.8, 4) is 0 Å². The Labute approximate surface area is 108 Å². The largest absolute Gasteiger partial charge is 0.454 e. The second-order valence-electron chi connectivity index (χ2n) is 2.89. The summed E-state index contributed by atoms with van der Waals surface area (Å²) < 4.78 is 52.7. The van der Waals surface area contributed by atoms with Crippen LogP contribution in [0.25, 0.3) is 21.9 Å². The minimum atomic E-state index is -0.417. The molecule has 3 heteroatoms. The van der Waals surface area contributed by atoms with Gasteiger partial charge in [-0.1, -0.05) is 45.7 Å². The Balaban J connectivity index is 2.73. The van der Waals surface area contributed by atoms with E-state index in [0.29, 0.717) is 0 Å². The van der Waals surface area contributed by atoms with E-state index in [9.17, 15) is 0 Å². The lowest BCUT2D eigenvalue weighted by atomic mass is 10.1. The number of hydrogen-bond acceptors (Lipinski definition) is 1. The molecule has 0 unspecified atom stereocenters. The number of hydrogen-bond donors (Lipinski definition) is 0. The third-order valence-electron chi connectivity index (χ3n) is 1.99. The summed E-state index contributed by atoms with van der Waals surface area (Å²) in [6, 6.07) is -1.66. The third-order valence-corrected chi connectivity index (χ3v) is 2.65. The van der Waals surface area contributed by atoms with Crippen LogP contribution < -0.4 is 0 Å². The topological polar surface area (TPSA) is 13.1 Å². The van der Waals surface area contributed by atoms with Gasteiger partial charge in [0.05, 0.1) is 13.2 Å². The van der Waals surface area contributed by atoms with Crippen LogP contribution in [0.5, 0.6) is 0 Å². The van der Waals surface area contributed by atoms with Crippen LogP contribution in [0.3, 0.4) is 0 Å². The van der Waals surface area contributed by atoms with Gasteiger partial charge in [-0.05, 0) is 18.1 Å². The quantitative estimate of drug-likeness (QED) is 0.567. The zero-order valence-corrected chi connectivity index (χ0v) is 9.51. The Morgan fingerprint density at radius 1 is 1.20 bits per heavy atom. The first kappa shape index (κ1) is 4.89. The molecule has 0 fully saturated rings. The monoisotopic (exact) mass is 286 g/mol. The molecule has 1 aromatic heterocycles. The van der Waals surface area contributed by atoms with Gasteiger partial charge in [-0.3, -0.25) is 0 Å². The van der Waals surface area contributed by atoms with Crippen LogP contribution in [0.4, 0.5) is 0 Å². The molecule has 2 aromatic carbocycles. The third kappa shape index (κ3) is 1.36. The molecule has 0 saturated carbocycles. The van der Waals surface area contributed by atoms with Crippen molar-refractivity contribution in [1.29, 1.82) is 0 Å². The first-order valence-corrected chi connectivity index (χ1v) is 5.21. The van der Waals surface area contributed by atoms with E-state index in [1.807, 2.05) is 0 Å². The molecule has 0 aliphatic carbocycles. The normalized spacial score (nSPS) is 16.9. The van der Waals surface area contributed by atoms with Crippen LogP contribution in [0, 0.1) is 0 Å². The summed E-state index contributed by atoms with van der Waals surface area (Å²) in [6.07, 6.45) is 0. The summed E-state index contributed by atoms with van der Waals surface area (Å²) in [5.74, 6) is 0. The molecule has 1 nitrogen and oxygen atoms in total. The van der Waals surface area contributed by atoms with Gasteiger partial charge in [0.1, 0.15) is 5.58 Å².